The molecule has 0 aromatic rings. The number of carbonyl (C=O) groups is 1. The minimum absolute atomic E-state index is 0.377. The van der Waals surface area contributed by atoms with Crippen molar-refractivity contribution < 1.29 is 9.53 Å². The normalized spacial score (nSPS) is 19.1. The van der Waals surface area contributed by atoms with Crippen LogP contribution in [0.3, 0.4) is 0 Å². The maximum absolute atomic E-state index is 10.4. The highest BCUT2D eigenvalue weighted by atomic mass is 16.6. The molecule has 1 saturated heterocycles. The van der Waals surface area contributed by atoms with Gasteiger partial charge >= 0.3 is 6.09 Å². The molecule has 0 aliphatic carbocycles. The van der Waals surface area contributed by atoms with Gasteiger partial charge in [-0.1, -0.05) is 0 Å². The largest absolute Gasteiger partial charge is 0.448 e. The molecule has 0 aromatic carbocycles. The fourth-order valence-electron chi connectivity index (χ4n) is 0.614. The zero-order valence-corrected chi connectivity index (χ0v) is 4.74. The molecule has 0 atom stereocenters. The molecule has 0 unspecified atom stereocenters. The van der Waals surface area contributed by atoms with Gasteiger partial charge < -0.3 is 4.74 Å². The lowest BCUT2D eigenvalue weighted by Crippen LogP contribution is -2.32. The maximum atomic E-state index is 10.4. The third kappa shape index (κ3) is 1.16. The fraction of sp³-hybridized carbons (Fsp3) is 0.750. The van der Waals surface area contributed by atoms with Crippen LogP contribution >= 0.6 is 0 Å². The van der Waals surface area contributed by atoms with Crippen LogP contribution in [0.1, 0.15) is 6.42 Å². The van der Waals surface area contributed by atoms with Gasteiger partial charge in [0.15, 0.2) is 0 Å². The average molecular weight is 130 g/mol. The molecule has 0 saturated carbocycles. The topological polar surface area (TPSA) is 59.0 Å². The predicted octanol–water partition coefficient (Wildman–Crippen LogP) is 0.510. The number of carbonyl (C=O) groups excluding carboxylic acids is 1. The lowest BCUT2D eigenvalue weighted by molar-refractivity contribution is 0.0735. The smallest absolute Gasteiger partial charge is 0.432 e. The van der Waals surface area contributed by atoms with E-state index in [1.165, 1.54) is 0 Å². The second-order valence-electron chi connectivity index (χ2n) is 1.67. The molecule has 0 spiro atoms. The van der Waals surface area contributed by atoms with Crippen molar-refractivity contribution >= 4 is 6.09 Å². The van der Waals surface area contributed by atoms with Gasteiger partial charge in [-0.2, -0.15) is 5.01 Å². The van der Waals surface area contributed by atoms with Gasteiger partial charge in [0.1, 0.15) is 0 Å². The highest BCUT2D eigenvalue weighted by molar-refractivity contribution is 5.67. The second kappa shape index (κ2) is 2.43. The van der Waals surface area contributed by atoms with Gasteiger partial charge in [-0.3, -0.25) is 0 Å². The highest BCUT2D eigenvalue weighted by Gasteiger charge is 2.19. The molecular weight excluding hydrogens is 124 g/mol. The summed E-state index contributed by atoms with van der Waals surface area (Å²) in [7, 11) is 0. The molecule has 9 heavy (non-hydrogen) atoms. The van der Waals surface area contributed by atoms with Gasteiger partial charge in [0.25, 0.3) is 0 Å². The summed E-state index contributed by atoms with van der Waals surface area (Å²) < 4.78 is 4.47. The van der Waals surface area contributed by atoms with E-state index in [2.05, 4.69) is 10.0 Å². The van der Waals surface area contributed by atoms with Crippen LogP contribution < -0.4 is 0 Å². The van der Waals surface area contributed by atoms with Crippen LogP contribution in [0.2, 0.25) is 0 Å². The number of nitroso groups, excluding NO2 is 1. The lowest BCUT2D eigenvalue weighted by atomic mass is 10.4. The number of nitrogens with zero attached hydrogens (tertiary/aromatic N) is 2. The zero-order valence-electron chi connectivity index (χ0n) is 4.74. The lowest BCUT2D eigenvalue weighted by Gasteiger charge is -2.17. The van der Waals surface area contributed by atoms with Crippen LogP contribution in [0.15, 0.2) is 5.29 Å². The van der Waals surface area contributed by atoms with Gasteiger partial charge in [0.2, 0.25) is 0 Å². The molecule has 1 aliphatic rings. The summed E-state index contributed by atoms with van der Waals surface area (Å²) in [4.78, 5) is 20.2. The molecule has 5 heteroatoms. The summed E-state index contributed by atoms with van der Waals surface area (Å²) in [6, 6.07) is 0. The first-order chi connectivity index (χ1) is 4.34. The molecule has 1 fully saturated rings. The summed E-state index contributed by atoms with van der Waals surface area (Å²) >= 11 is 0. The van der Waals surface area contributed by atoms with E-state index >= 15 is 0 Å². The van der Waals surface area contributed by atoms with E-state index in [9.17, 15) is 9.70 Å². The van der Waals surface area contributed by atoms with E-state index in [1.807, 2.05) is 0 Å². The number of amides is 1. The van der Waals surface area contributed by atoms with Crippen LogP contribution in [0.4, 0.5) is 4.79 Å². The summed E-state index contributed by atoms with van der Waals surface area (Å²) in [6.07, 6.45) is 0.0357. The SMILES string of the molecule is O=NN1CCCOC1=O. The highest BCUT2D eigenvalue weighted by Crippen LogP contribution is 2.03. The average Bonchev–Trinajstić information content (AvgIpc) is 1.89. The van der Waals surface area contributed by atoms with Crippen LogP contribution in [-0.4, -0.2) is 24.3 Å². The van der Waals surface area contributed by atoms with E-state index < -0.39 is 6.09 Å². The molecule has 0 N–H and O–H groups in total. The number of ether oxygens (including phenoxy) is 1. The number of rotatable bonds is 1. The summed E-state index contributed by atoms with van der Waals surface area (Å²) in [5, 5.41) is 3.20. The Hall–Kier alpha value is -1.13. The van der Waals surface area contributed by atoms with Crippen molar-refractivity contribution in [3.8, 4) is 0 Å². The maximum Gasteiger partial charge on any atom is 0.432 e. The Labute approximate surface area is 51.5 Å². The molecular formula is C4H6N2O3. The van der Waals surface area contributed by atoms with E-state index in [0.29, 0.717) is 19.6 Å². The quantitative estimate of drug-likeness (QED) is 0.486. The summed E-state index contributed by atoms with van der Waals surface area (Å²) in [5.74, 6) is 0. The van der Waals surface area contributed by atoms with Crippen molar-refractivity contribution in [2.24, 2.45) is 5.29 Å². The van der Waals surface area contributed by atoms with Gasteiger partial charge in [0, 0.05) is 6.42 Å². The first-order valence-corrected chi connectivity index (χ1v) is 2.62. The Morgan fingerprint density at radius 1 is 1.67 bits per heavy atom. The summed E-state index contributed by atoms with van der Waals surface area (Å²) in [6.45, 7) is 0.771. The Bertz CT molecular complexity index is 136. The third-order valence-electron chi connectivity index (χ3n) is 1.05. The van der Waals surface area contributed by atoms with Crippen molar-refractivity contribution in [1.82, 2.24) is 5.01 Å². The monoisotopic (exact) mass is 130 g/mol. The molecule has 1 heterocycles. The van der Waals surface area contributed by atoms with E-state index in [-0.39, 0.29) is 0 Å². The van der Waals surface area contributed by atoms with E-state index in [4.69, 9.17) is 0 Å². The van der Waals surface area contributed by atoms with Crippen molar-refractivity contribution in [3.05, 3.63) is 4.91 Å². The minimum atomic E-state index is -0.642. The van der Waals surface area contributed by atoms with Crippen molar-refractivity contribution in [1.29, 1.82) is 0 Å². The fourth-order valence-corrected chi connectivity index (χ4v) is 0.614. The van der Waals surface area contributed by atoms with Crippen LogP contribution in [0.25, 0.3) is 0 Å². The minimum Gasteiger partial charge on any atom is -0.448 e. The number of hydrogen-bond acceptors (Lipinski definition) is 4. The van der Waals surface area contributed by atoms with Crippen molar-refractivity contribution in [2.75, 3.05) is 13.2 Å². The molecule has 1 rings (SSSR count). The van der Waals surface area contributed by atoms with E-state index in [1.54, 1.807) is 0 Å². The molecule has 50 valence electrons. The van der Waals surface area contributed by atoms with Gasteiger partial charge in [0.05, 0.1) is 18.4 Å². The predicted molar refractivity (Wildman–Crippen MR) is 28.5 cm³/mol. The van der Waals surface area contributed by atoms with Crippen LogP contribution in [-0.2, 0) is 4.74 Å². The Balaban J connectivity index is 2.48. The van der Waals surface area contributed by atoms with E-state index in [0.717, 1.165) is 5.01 Å². The number of cyclic esters (lactones) is 1. The first-order valence-electron chi connectivity index (χ1n) is 2.62. The van der Waals surface area contributed by atoms with Crippen LogP contribution in [0.5, 0.6) is 0 Å². The Morgan fingerprint density at radius 3 is 2.89 bits per heavy atom. The standard InChI is InChI=1S/C4H6N2O3/c7-4-6(5-8)2-1-3-9-4/h1-3H2. The molecule has 0 radical (unpaired) electrons. The number of hydrogen-bond donors (Lipinski definition) is 0. The summed E-state index contributed by atoms with van der Waals surface area (Å²) in [5.41, 5.74) is 0. The molecule has 1 aliphatic heterocycles. The molecule has 5 nitrogen and oxygen atoms in total. The van der Waals surface area contributed by atoms with Gasteiger partial charge in [-0.05, 0) is 0 Å². The van der Waals surface area contributed by atoms with Crippen molar-refractivity contribution in [3.63, 3.8) is 0 Å². The van der Waals surface area contributed by atoms with Crippen LogP contribution in [0, 0.1) is 4.91 Å². The first kappa shape index (κ1) is 6.00. The van der Waals surface area contributed by atoms with Gasteiger partial charge in [-0.25, -0.2) is 4.79 Å². The molecule has 0 aromatic heterocycles. The third-order valence-corrected chi connectivity index (χ3v) is 1.05. The van der Waals surface area contributed by atoms with Crippen molar-refractivity contribution in [2.45, 2.75) is 6.42 Å². The second-order valence-corrected chi connectivity index (χ2v) is 1.67. The Kier molecular flexibility index (Phi) is 1.62. The zero-order chi connectivity index (χ0) is 6.69. The van der Waals surface area contributed by atoms with Gasteiger partial charge in [-0.15, -0.1) is 4.91 Å². The Morgan fingerprint density at radius 2 is 2.44 bits per heavy atom. The molecule has 0 bridgehead atoms. The molecule has 1 amide bonds.